The van der Waals surface area contributed by atoms with E-state index in [1.807, 2.05) is 24.4 Å². The Morgan fingerprint density at radius 2 is 1.91 bits per heavy atom. The summed E-state index contributed by atoms with van der Waals surface area (Å²) in [5.74, 6) is 2.37. The molecule has 5 rings (SSSR count). The summed E-state index contributed by atoms with van der Waals surface area (Å²) in [6, 6.07) is 8.75. The smallest absolute Gasteiger partial charge is 0.182 e. The highest BCUT2D eigenvalue weighted by Gasteiger charge is 2.18. The maximum atomic E-state index is 6.02. The van der Waals surface area contributed by atoms with Crippen LogP contribution in [0.4, 0.5) is 11.6 Å². The van der Waals surface area contributed by atoms with Crippen LogP contribution in [0.25, 0.3) is 22.1 Å². The third kappa shape index (κ3) is 4.05. The van der Waals surface area contributed by atoms with E-state index in [0.717, 1.165) is 48.3 Å². The molecule has 0 unspecified atom stereocenters. The summed E-state index contributed by atoms with van der Waals surface area (Å²) >= 11 is 0. The highest BCUT2D eigenvalue weighted by molar-refractivity contribution is 5.91. The van der Waals surface area contributed by atoms with E-state index in [1.165, 1.54) is 16.5 Å². The van der Waals surface area contributed by atoms with Gasteiger partial charge in [-0.15, -0.1) is 0 Å². The third-order valence-corrected chi connectivity index (χ3v) is 6.29. The Labute approximate surface area is 187 Å². The number of pyridine rings is 1. The summed E-state index contributed by atoms with van der Waals surface area (Å²) in [6.07, 6.45) is 8.01. The number of aromatic amines is 1. The molecule has 0 aliphatic heterocycles. The number of methoxy groups -OCH3 is 1. The molecular formula is C24H29N7O. The molecule has 0 radical (unpaired) electrons. The zero-order chi connectivity index (χ0) is 22.1. The van der Waals surface area contributed by atoms with Gasteiger partial charge >= 0.3 is 0 Å². The number of fused-ring (bicyclic) bond motifs is 2. The lowest BCUT2D eigenvalue weighted by molar-refractivity contribution is 0.410. The Hall–Kier alpha value is -3.39. The molecule has 4 aromatic rings. The van der Waals surface area contributed by atoms with Gasteiger partial charge in [0, 0.05) is 30.2 Å². The molecule has 1 aliphatic rings. The van der Waals surface area contributed by atoms with E-state index < -0.39 is 0 Å². The van der Waals surface area contributed by atoms with Crippen LogP contribution in [0.5, 0.6) is 5.75 Å². The summed E-state index contributed by atoms with van der Waals surface area (Å²) in [5.41, 5.74) is 10.8. The van der Waals surface area contributed by atoms with Crippen LogP contribution in [0.3, 0.4) is 0 Å². The quantitative estimate of drug-likeness (QED) is 0.363. The van der Waals surface area contributed by atoms with Crippen LogP contribution in [0.2, 0.25) is 0 Å². The summed E-state index contributed by atoms with van der Waals surface area (Å²) in [7, 11) is 1.69. The van der Waals surface area contributed by atoms with Gasteiger partial charge in [-0.25, -0.2) is 15.0 Å². The first-order valence-electron chi connectivity index (χ1n) is 11.1. The number of H-pyrrole nitrogens is 1. The first-order valence-corrected chi connectivity index (χ1v) is 11.1. The van der Waals surface area contributed by atoms with Gasteiger partial charge in [-0.1, -0.05) is 6.07 Å². The molecule has 5 N–H and O–H groups in total. The number of nitrogens with two attached hydrogens (primary N) is 1. The van der Waals surface area contributed by atoms with Crippen LogP contribution in [0, 0.1) is 6.92 Å². The molecule has 1 saturated carbocycles. The minimum atomic E-state index is 0.333. The second kappa shape index (κ2) is 8.63. The van der Waals surface area contributed by atoms with E-state index in [-0.39, 0.29) is 0 Å². The number of hydrogen-bond acceptors (Lipinski definition) is 7. The summed E-state index contributed by atoms with van der Waals surface area (Å²) < 4.78 is 5.48. The molecule has 3 heterocycles. The molecule has 8 heteroatoms. The largest absolute Gasteiger partial charge is 0.495 e. The molecule has 1 aliphatic carbocycles. The van der Waals surface area contributed by atoms with Crippen molar-refractivity contribution in [2.45, 2.75) is 51.2 Å². The maximum Gasteiger partial charge on any atom is 0.182 e. The molecule has 8 nitrogen and oxygen atoms in total. The molecule has 0 saturated heterocycles. The average molecular weight is 432 g/mol. The topological polar surface area (TPSA) is 114 Å². The van der Waals surface area contributed by atoms with E-state index >= 15 is 0 Å². The molecule has 0 amide bonds. The number of aryl methyl sites for hydroxylation is 1. The Balaban J connectivity index is 1.34. The van der Waals surface area contributed by atoms with Crippen LogP contribution in [-0.4, -0.2) is 39.1 Å². The standard InChI is InChI=1S/C24H29N7O/c1-14-11-28-23-19(32-2)9-3-15(22(14)23)12-27-21-13-26-18-8-10-20(30-24(18)31-21)29-17-6-4-16(25)5-7-17/h3,8-11,13,16-17,28H,4-7,12,25H2,1-2H3,(H2,27,29,30,31)/t16-,17-. The van der Waals surface area contributed by atoms with Crippen molar-refractivity contribution in [3.05, 3.63) is 47.8 Å². The Kier molecular flexibility index (Phi) is 5.53. The fourth-order valence-electron chi connectivity index (χ4n) is 4.51. The van der Waals surface area contributed by atoms with E-state index in [0.29, 0.717) is 30.1 Å². The number of aromatic nitrogens is 4. The summed E-state index contributed by atoms with van der Waals surface area (Å²) in [4.78, 5) is 17.2. The van der Waals surface area contributed by atoms with Gasteiger partial charge in [0.05, 0.1) is 18.8 Å². The van der Waals surface area contributed by atoms with Crippen molar-refractivity contribution in [1.82, 2.24) is 19.9 Å². The zero-order valence-electron chi connectivity index (χ0n) is 18.5. The Bertz CT molecular complexity index is 1240. The lowest BCUT2D eigenvalue weighted by atomic mass is 9.92. The molecule has 0 bridgehead atoms. The highest BCUT2D eigenvalue weighted by atomic mass is 16.5. The van der Waals surface area contributed by atoms with Crippen molar-refractivity contribution in [2.24, 2.45) is 5.73 Å². The van der Waals surface area contributed by atoms with E-state index in [2.05, 4.69) is 33.6 Å². The van der Waals surface area contributed by atoms with E-state index in [9.17, 15) is 0 Å². The predicted molar refractivity (Wildman–Crippen MR) is 128 cm³/mol. The number of nitrogens with one attached hydrogen (secondary N) is 3. The van der Waals surface area contributed by atoms with Gasteiger partial charge < -0.3 is 26.1 Å². The van der Waals surface area contributed by atoms with Crippen molar-refractivity contribution in [3.8, 4) is 5.75 Å². The van der Waals surface area contributed by atoms with Crippen LogP contribution < -0.4 is 21.1 Å². The van der Waals surface area contributed by atoms with E-state index in [4.69, 9.17) is 20.4 Å². The number of benzene rings is 1. The van der Waals surface area contributed by atoms with Gasteiger partial charge in [0.2, 0.25) is 0 Å². The normalized spacial score (nSPS) is 18.7. The lowest BCUT2D eigenvalue weighted by Gasteiger charge is -2.27. The molecule has 0 spiro atoms. The molecular weight excluding hydrogens is 402 g/mol. The first-order chi connectivity index (χ1) is 15.6. The van der Waals surface area contributed by atoms with Crippen molar-refractivity contribution in [2.75, 3.05) is 17.7 Å². The molecule has 0 atom stereocenters. The summed E-state index contributed by atoms with van der Waals surface area (Å²) in [6.45, 7) is 2.72. The van der Waals surface area contributed by atoms with Crippen molar-refractivity contribution in [1.29, 1.82) is 0 Å². The molecule has 32 heavy (non-hydrogen) atoms. The monoisotopic (exact) mass is 431 g/mol. The minimum absolute atomic E-state index is 0.333. The fraction of sp³-hybridized carbons (Fsp3) is 0.375. The van der Waals surface area contributed by atoms with E-state index in [1.54, 1.807) is 13.3 Å². The maximum absolute atomic E-state index is 6.02. The second-order valence-corrected chi connectivity index (χ2v) is 8.55. The lowest BCUT2D eigenvalue weighted by Crippen LogP contribution is -2.33. The van der Waals surface area contributed by atoms with Crippen LogP contribution in [0.15, 0.2) is 36.7 Å². The van der Waals surface area contributed by atoms with Gasteiger partial charge in [0.15, 0.2) is 5.65 Å². The zero-order valence-corrected chi connectivity index (χ0v) is 18.5. The van der Waals surface area contributed by atoms with Crippen molar-refractivity contribution < 1.29 is 4.74 Å². The highest BCUT2D eigenvalue weighted by Crippen LogP contribution is 2.30. The minimum Gasteiger partial charge on any atom is -0.495 e. The van der Waals surface area contributed by atoms with Crippen LogP contribution >= 0.6 is 0 Å². The van der Waals surface area contributed by atoms with Gasteiger partial charge in [-0.05, 0) is 61.9 Å². The van der Waals surface area contributed by atoms with Crippen molar-refractivity contribution in [3.63, 3.8) is 0 Å². The SMILES string of the molecule is COc1ccc(CNc2cnc3ccc(N[C@H]4CC[C@H](N)CC4)nc3n2)c2c(C)c[nH]c12. The molecule has 3 aromatic heterocycles. The fourth-order valence-corrected chi connectivity index (χ4v) is 4.51. The molecule has 1 aromatic carbocycles. The van der Waals surface area contributed by atoms with Crippen molar-refractivity contribution >= 4 is 33.7 Å². The van der Waals surface area contributed by atoms with Gasteiger partial charge in [0.1, 0.15) is 22.9 Å². The van der Waals surface area contributed by atoms with Gasteiger partial charge in [-0.3, -0.25) is 0 Å². The molecule has 1 fully saturated rings. The van der Waals surface area contributed by atoms with Crippen LogP contribution in [0.1, 0.15) is 36.8 Å². The predicted octanol–water partition coefficient (Wildman–Crippen LogP) is 4.12. The Morgan fingerprint density at radius 3 is 2.72 bits per heavy atom. The number of ether oxygens (including phenoxy) is 1. The first kappa shape index (κ1) is 20.5. The van der Waals surface area contributed by atoms with Gasteiger partial charge in [-0.2, -0.15) is 0 Å². The average Bonchev–Trinajstić information content (AvgIpc) is 3.21. The molecule has 166 valence electrons. The van der Waals surface area contributed by atoms with Gasteiger partial charge in [0.25, 0.3) is 0 Å². The number of rotatable bonds is 6. The Morgan fingerprint density at radius 1 is 1.09 bits per heavy atom. The number of nitrogens with zero attached hydrogens (tertiary/aromatic N) is 3. The summed E-state index contributed by atoms with van der Waals surface area (Å²) in [5, 5.41) is 8.11. The second-order valence-electron chi connectivity index (χ2n) is 8.55. The third-order valence-electron chi connectivity index (χ3n) is 6.29. The number of anilines is 2. The number of hydrogen-bond donors (Lipinski definition) is 4. The van der Waals surface area contributed by atoms with Crippen LogP contribution in [-0.2, 0) is 6.54 Å².